The van der Waals surface area contributed by atoms with Gasteiger partial charge in [0.25, 0.3) is 0 Å². The maximum Gasteiger partial charge on any atom is 0.490 e. The van der Waals surface area contributed by atoms with Gasteiger partial charge in [-0.05, 0) is 79.1 Å². The molecule has 2 aliphatic heterocycles. The van der Waals surface area contributed by atoms with Crippen LogP contribution in [0, 0.1) is 17.2 Å². The number of carboxylic acids is 2. The van der Waals surface area contributed by atoms with E-state index in [1.54, 1.807) is 18.3 Å². The van der Waals surface area contributed by atoms with Crippen LogP contribution in [0.25, 0.3) is 0 Å². The van der Waals surface area contributed by atoms with Crippen molar-refractivity contribution < 1.29 is 59.4 Å². The summed E-state index contributed by atoms with van der Waals surface area (Å²) in [4.78, 5) is 44.1. The number of carbonyl (C=O) groups is 3. The number of aryl methyl sites for hydroxylation is 2. The zero-order valence-electron chi connectivity index (χ0n) is 29.6. The molecule has 0 radical (unpaired) electrons. The predicted octanol–water partition coefficient (Wildman–Crippen LogP) is 6.68. The summed E-state index contributed by atoms with van der Waals surface area (Å²) in [7, 11) is -3.79. The first kappa shape index (κ1) is 44.7. The monoisotopic (exact) mass is 856 g/mol. The van der Waals surface area contributed by atoms with Gasteiger partial charge in [-0.25, -0.2) is 23.0 Å². The van der Waals surface area contributed by atoms with Crippen molar-refractivity contribution in [3.63, 3.8) is 0 Å². The van der Waals surface area contributed by atoms with Crippen LogP contribution in [0.2, 0.25) is 5.02 Å². The number of rotatable bonds is 5. The molecule has 1 saturated heterocycles. The van der Waals surface area contributed by atoms with Gasteiger partial charge in [0.05, 0.1) is 28.5 Å². The van der Waals surface area contributed by atoms with Gasteiger partial charge in [0, 0.05) is 37.1 Å². The van der Waals surface area contributed by atoms with Crippen molar-refractivity contribution in [2.24, 2.45) is 5.92 Å². The average molecular weight is 857 g/mol. The Balaban J connectivity index is 0.000000456. The molecule has 6 rings (SSSR count). The number of carbonyl (C=O) groups excluding carboxylic acids is 1. The summed E-state index contributed by atoms with van der Waals surface area (Å²) in [6, 6.07) is 15.9. The Morgan fingerprint density at radius 2 is 1.55 bits per heavy atom. The molecular formula is C35H31ClF6N8O7S. The van der Waals surface area contributed by atoms with Gasteiger partial charge in [-0.1, -0.05) is 23.7 Å². The molecule has 308 valence electrons. The Labute approximate surface area is 330 Å². The molecule has 15 nitrogen and oxygen atoms in total. The van der Waals surface area contributed by atoms with Crippen molar-refractivity contribution in [1.82, 2.24) is 19.3 Å². The number of benzene rings is 2. The molecule has 4 heterocycles. The lowest BCUT2D eigenvalue weighted by Crippen LogP contribution is -2.39. The molecule has 5 N–H and O–H groups in total. The Hall–Kier alpha value is -6.05. The molecule has 6 bridgehead atoms. The number of alkyl halides is 6. The van der Waals surface area contributed by atoms with E-state index in [2.05, 4.69) is 30.9 Å². The molecule has 0 saturated carbocycles. The average Bonchev–Trinajstić information content (AvgIpc) is 3.16. The fourth-order valence-electron chi connectivity index (χ4n) is 5.49. The van der Waals surface area contributed by atoms with E-state index in [-0.39, 0.29) is 28.7 Å². The topological polar surface area (TPSA) is 228 Å². The number of aliphatic carboxylic acids is 2. The highest BCUT2D eigenvalue weighted by atomic mass is 35.5. The summed E-state index contributed by atoms with van der Waals surface area (Å²) in [6.45, 7) is 0.585. The molecule has 2 aliphatic rings. The number of anilines is 5. The lowest BCUT2D eigenvalue weighted by Gasteiger charge is -2.31. The highest BCUT2D eigenvalue weighted by Crippen LogP contribution is 2.31. The van der Waals surface area contributed by atoms with E-state index in [4.69, 9.17) is 31.4 Å². The minimum atomic E-state index is -5.08. The van der Waals surface area contributed by atoms with Gasteiger partial charge < -0.3 is 26.2 Å². The largest absolute Gasteiger partial charge is 0.490 e. The van der Waals surface area contributed by atoms with Gasteiger partial charge in [0.15, 0.2) is 5.82 Å². The normalized spacial score (nSPS) is 14.4. The maximum atomic E-state index is 13.2. The van der Waals surface area contributed by atoms with Crippen LogP contribution >= 0.6 is 11.6 Å². The standard InChI is InChI=1S/C31H29ClN8O3S.2C2HF3O2/c32-26-19-35-31-37-25-13-21(17-34-18-25)5-6-22-15-24(36-30(26)39-31)7-8-27(22)38-29(41)14-20-9-11-40(12-10-20)44(42,43)28-4-2-1-3-23(28)16-33;2*3-2(4,5)1(6)7/h1-4,7-8,13,15,17-20H,5-6,9-12,14H2,(H,38,41)(H2,35,36,37,39);2*(H,6,7). The first-order valence-electron chi connectivity index (χ1n) is 16.7. The van der Waals surface area contributed by atoms with Crippen molar-refractivity contribution in [2.75, 3.05) is 29.0 Å². The van der Waals surface area contributed by atoms with E-state index in [0.717, 1.165) is 22.5 Å². The number of piperidine rings is 1. The van der Waals surface area contributed by atoms with Crippen LogP contribution in [-0.2, 0) is 37.2 Å². The molecule has 0 aliphatic carbocycles. The minimum absolute atomic E-state index is 0.0203. The van der Waals surface area contributed by atoms with Gasteiger partial charge in [-0.2, -0.15) is 40.9 Å². The zero-order chi connectivity index (χ0) is 42.8. The second kappa shape index (κ2) is 18.9. The van der Waals surface area contributed by atoms with Crippen LogP contribution in [0.1, 0.15) is 36.0 Å². The van der Waals surface area contributed by atoms with E-state index in [9.17, 15) is 44.8 Å². The van der Waals surface area contributed by atoms with Crippen molar-refractivity contribution in [2.45, 2.75) is 49.4 Å². The van der Waals surface area contributed by atoms with E-state index in [0.29, 0.717) is 61.2 Å². The van der Waals surface area contributed by atoms with Crippen molar-refractivity contribution >= 4 is 68.3 Å². The molecule has 4 aromatic rings. The summed E-state index contributed by atoms with van der Waals surface area (Å²) in [5.74, 6) is -4.78. The molecule has 0 unspecified atom stereocenters. The van der Waals surface area contributed by atoms with E-state index < -0.39 is 34.3 Å². The zero-order valence-corrected chi connectivity index (χ0v) is 31.2. The fraction of sp³-hybridized carbons (Fsp3) is 0.286. The summed E-state index contributed by atoms with van der Waals surface area (Å²) in [5, 5.41) is 33.5. The molecule has 2 aromatic carbocycles. The fourth-order valence-corrected chi connectivity index (χ4v) is 7.24. The van der Waals surface area contributed by atoms with Crippen LogP contribution < -0.4 is 16.0 Å². The highest BCUT2D eigenvalue weighted by molar-refractivity contribution is 7.89. The molecule has 2 aromatic heterocycles. The summed E-state index contributed by atoms with van der Waals surface area (Å²) < 4.78 is 91.3. The number of hydrogen-bond acceptors (Lipinski definition) is 11. The molecule has 1 fully saturated rings. The van der Waals surface area contributed by atoms with Crippen LogP contribution in [-0.4, -0.2) is 81.2 Å². The third-order valence-electron chi connectivity index (χ3n) is 8.28. The Bertz CT molecular complexity index is 2280. The van der Waals surface area contributed by atoms with Crippen LogP contribution in [0.5, 0.6) is 0 Å². The lowest BCUT2D eigenvalue weighted by molar-refractivity contribution is -0.193. The molecule has 1 amide bonds. The predicted molar refractivity (Wildman–Crippen MR) is 195 cm³/mol. The number of pyridine rings is 1. The lowest BCUT2D eigenvalue weighted by atomic mass is 9.94. The number of amides is 1. The molecular weight excluding hydrogens is 826 g/mol. The molecule has 58 heavy (non-hydrogen) atoms. The first-order chi connectivity index (χ1) is 27.2. The Morgan fingerprint density at radius 1 is 0.914 bits per heavy atom. The van der Waals surface area contributed by atoms with Gasteiger partial charge >= 0.3 is 24.3 Å². The quantitative estimate of drug-likeness (QED) is 0.132. The SMILES string of the molecule is N#Cc1ccccc1S(=O)(=O)N1CCC(CC(=O)Nc2ccc3cc2CCc2cncc(c2)Nc2ncc(Cl)c(n2)N3)CC1.O=C(O)C(F)(F)F.O=C(O)C(F)(F)F. The number of aromatic nitrogens is 3. The van der Waals surface area contributed by atoms with E-state index >= 15 is 0 Å². The van der Waals surface area contributed by atoms with Gasteiger partial charge in [-0.3, -0.25) is 9.78 Å². The number of carboxylic acid groups (broad SMARTS) is 2. The first-order valence-corrected chi connectivity index (χ1v) is 18.5. The second-order valence-electron chi connectivity index (χ2n) is 12.4. The van der Waals surface area contributed by atoms with Gasteiger partial charge in [-0.15, -0.1) is 0 Å². The third-order valence-corrected chi connectivity index (χ3v) is 10.5. The number of nitrogens with zero attached hydrogens (tertiary/aromatic N) is 5. The maximum absolute atomic E-state index is 13.2. The second-order valence-corrected chi connectivity index (χ2v) is 14.7. The smallest absolute Gasteiger partial charge is 0.475 e. The van der Waals surface area contributed by atoms with E-state index in [1.807, 2.05) is 36.5 Å². The highest BCUT2D eigenvalue weighted by Gasteiger charge is 2.39. The van der Waals surface area contributed by atoms with Crippen molar-refractivity contribution in [3.05, 3.63) is 88.8 Å². The Kier molecular flexibility index (Phi) is 14.6. The van der Waals surface area contributed by atoms with Gasteiger partial charge in [0.1, 0.15) is 11.1 Å². The van der Waals surface area contributed by atoms with Gasteiger partial charge in [0.2, 0.25) is 21.9 Å². The van der Waals surface area contributed by atoms with Crippen LogP contribution in [0.4, 0.5) is 55.2 Å². The third kappa shape index (κ3) is 12.5. The van der Waals surface area contributed by atoms with E-state index in [1.165, 1.54) is 22.6 Å². The minimum Gasteiger partial charge on any atom is -0.475 e. The molecule has 0 spiro atoms. The number of nitriles is 1. The Morgan fingerprint density at radius 3 is 2.17 bits per heavy atom. The molecule has 23 heteroatoms. The number of fused-ring (bicyclic) bond motifs is 6. The molecule has 0 atom stereocenters. The number of nitrogens with one attached hydrogen (secondary N) is 3. The van der Waals surface area contributed by atoms with Crippen LogP contribution in [0.3, 0.4) is 0 Å². The summed E-state index contributed by atoms with van der Waals surface area (Å²) >= 11 is 6.37. The van der Waals surface area contributed by atoms with Crippen molar-refractivity contribution in [3.8, 4) is 6.07 Å². The summed E-state index contributed by atoms with van der Waals surface area (Å²) in [6.07, 6.45) is -2.42. The number of hydrogen-bond donors (Lipinski definition) is 5. The van der Waals surface area contributed by atoms with Crippen molar-refractivity contribution in [1.29, 1.82) is 5.26 Å². The number of halogens is 7. The summed E-state index contributed by atoms with van der Waals surface area (Å²) in [5.41, 5.74) is 4.30. The van der Waals surface area contributed by atoms with Crippen LogP contribution in [0.15, 0.2) is 72.0 Å². The number of sulfonamides is 1.